The number of fused-ring (bicyclic) bond motifs is 2. The second-order valence-corrected chi connectivity index (χ2v) is 4.86. The fraction of sp³-hybridized carbons (Fsp3) is 0.214. The van der Waals surface area contributed by atoms with Crippen LogP contribution in [-0.2, 0) is 0 Å². The largest absolute Gasteiger partial charge is 0.491 e. The summed E-state index contributed by atoms with van der Waals surface area (Å²) in [5.74, 6) is 1.83. The normalized spacial score (nSPS) is 14.6. The summed E-state index contributed by atoms with van der Waals surface area (Å²) in [4.78, 5) is 10.7. The number of nitrogen functional groups attached to an aromatic ring is 1. The number of hydrogen-bond acceptors (Lipinski definition) is 6. The van der Waals surface area contributed by atoms with Crippen LogP contribution in [0, 0.1) is 0 Å². The number of rotatable bonds is 1. The number of aromatic nitrogens is 4. The molecule has 7 nitrogen and oxygen atoms in total. The molecule has 3 heterocycles. The number of nitrogens with one attached hydrogen (secondary N) is 1. The standard InChI is InChI=1S/C14H14N6O/c15-14-17-12-9(8-16-19-12)13(18-14)20-6-3-7-21-11-5-2-1-4-10(11)20/h1-2,4-5,8H,3,6-7H2,(H3,15,16,17,18,19). The fourth-order valence-electron chi connectivity index (χ4n) is 2.59. The lowest BCUT2D eigenvalue weighted by atomic mass is 10.2. The molecule has 0 radical (unpaired) electrons. The smallest absolute Gasteiger partial charge is 0.224 e. The number of benzene rings is 1. The monoisotopic (exact) mass is 282 g/mol. The van der Waals surface area contributed by atoms with Crippen LogP contribution >= 0.6 is 0 Å². The number of nitrogens with two attached hydrogens (primary N) is 1. The van der Waals surface area contributed by atoms with Crippen molar-refractivity contribution in [2.45, 2.75) is 6.42 Å². The van der Waals surface area contributed by atoms with E-state index in [1.165, 1.54) is 0 Å². The van der Waals surface area contributed by atoms with Gasteiger partial charge in [-0.3, -0.25) is 5.10 Å². The van der Waals surface area contributed by atoms with Crippen molar-refractivity contribution in [2.24, 2.45) is 0 Å². The van der Waals surface area contributed by atoms with Crippen LogP contribution in [0.4, 0.5) is 17.5 Å². The summed E-state index contributed by atoms with van der Waals surface area (Å²) in [6, 6.07) is 7.93. The number of nitrogens with zero attached hydrogens (tertiary/aromatic N) is 4. The third kappa shape index (κ3) is 1.94. The lowest BCUT2D eigenvalue weighted by molar-refractivity contribution is 0.322. The number of para-hydroxylation sites is 2. The fourth-order valence-corrected chi connectivity index (χ4v) is 2.59. The first-order valence-corrected chi connectivity index (χ1v) is 6.79. The topological polar surface area (TPSA) is 93.0 Å². The lowest BCUT2D eigenvalue weighted by Gasteiger charge is -2.23. The van der Waals surface area contributed by atoms with Crippen molar-refractivity contribution in [1.29, 1.82) is 0 Å². The van der Waals surface area contributed by atoms with E-state index in [-0.39, 0.29) is 5.95 Å². The number of aromatic amines is 1. The van der Waals surface area contributed by atoms with Crippen LogP contribution in [0.1, 0.15) is 6.42 Å². The van der Waals surface area contributed by atoms with Crippen molar-refractivity contribution in [3.05, 3.63) is 30.5 Å². The van der Waals surface area contributed by atoms with Crippen LogP contribution in [0.15, 0.2) is 30.5 Å². The summed E-state index contributed by atoms with van der Waals surface area (Å²) in [6.45, 7) is 1.48. The van der Waals surface area contributed by atoms with E-state index in [0.29, 0.717) is 12.3 Å². The highest BCUT2D eigenvalue weighted by molar-refractivity contribution is 5.90. The molecule has 21 heavy (non-hydrogen) atoms. The van der Waals surface area contributed by atoms with Crippen molar-refractivity contribution in [3.63, 3.8) is 0 Å². The van der Waals surface area contributed by atoms with Crippen LogP contribution in [0.2, 0.25) is 0 Å². The van der Waals surface area contributed by atoms with Gasteiger partial charge in [0.25, 0.3) is 0 Å². The maximum atomic E-state index is 5.82. The Morgan fingerprint density at radius 1 is 1.24 bits per heavy atom. The second-order valence-electron chi connectivity index (χ2n) is 4.86. The molecule has 3 aromatic rings. The Hall–Kier alpha value is -2.83. The maximum absolute atomic E-state index is 5.82. The molecule has 0 bridgehead atoms. The molecule has 2 aromatic heterocycles. The molecule has 0 spiro atoms. The molecule has 0 amide bonds. The molecule has 0 atom stereocenters. The van der Waals surface area contributed by atoms with Crippen molar-refractivity contribution in [3.8, 4) is 5.75 Å². The summed E-state index contributed by atoms with van der Waals surface area (Å²) < 4.78 is 5.78. The Kier molecular flexibility index (Phi) is 2.63. The van der Waals surface area contributed by atoms with Crippen molar-refractivity contribution >= 4 is 28.5 Å². The third-order valence-electron chi connectivity index (χ3n) is 3.50. The van der Waals surface area contributed by atoms with Gasteiger partial charge in [0.1, 0.15) is 11.6 Å². The van der Waals surface area contributed by atoms with Gasteiger partial charge in [-0.15, -0.1) is 0 Å². The number of hydrogen-bond donors (Lipinski definition) is 2. The van der Waals surface area contributed by atoms with E-state index in [9.17, 15) is 0 Å². The van der Waals surface area contributed by atoms with E-state index in [2.05, 4.69) is 25.1 Å². The SMILES string of the molecule is Nc1nc(N2CCCOc3ccccc32)c2cn[nH]c2n1. The number of anilines is 3. The minimum atomic E-state index is 0.226. The Labute approximate surface area is 120 Å². The van der Waals surface area contributed by atoms with Gasteiger partial charge < -0.3 is 15.4 Å². The van der Waals surface area contributed by atoms with Crippen molar-refractivity contribution < 1.29 is 4.74 Å². The Balaban J connectivity index is 1.94. The van der Waals surface area contributed by atoms with Crippen molar-refractivity contribution in [2.75, 3.05) is 23.8 Å². The molecular weight excluding hydrogens is 268 g/mol. The first-order valence-electron chi connectivity index (χ1n) is 6.79. The summed E-state index contributed by atoms with van der Waals surface area (Å²) in [5, 5.41) is 7.72. The summed E-state index contributed by atoms with van der Waals surface area (Å²) in [6.07, 6.45) is 2.62. The van der Waals surface area contributed by atoms with Crippen LogP contribution in [-0.4, -0.2) is 33.3 Å². The predicted molar refractivity (Wildman–Crippen MR) is 79.7 cm³/mol. The third-order valence-corrected chi connectivity index (χ3v) is 3.50. The van der Waals surface area contributed by atoms with Gasteiger partial charge in [-0.2, -0.15) is 15.1 Å². The molecule has 4 rings (SSSR count). The predicted octanol–water partition coefficient (Wildman–Crippen LogP) is 1.86. The van der Waals surface area contributed by atoms with Gasteiger partial charge in [0.05, 0.1) is 23.9 Å². The van der Waals surface area contributed by atoms with Gasteiger partial charge in [0.2, 0.25) is 5.95 Å². The number of ether oxygens (including phenoxy) is 1. The molecule has 1 aromatic carbocycles. The zero-order valence-corrected chi connectivity index (χ0v) is 11.3. The highest BCUT2D eigenvalue weighted by Crippen LogP contribution is 2.37. The average molecular weight is 282 g/mol. The average Bonchev–Trinajstić information content (AvgIpc) is 2.85. The zero-order valence-electron chi connectivity index (χ0n) is 11.3. The molecule has 1 aliphatic heterocycles. The first kappa shape index (κ1) is 12.0. The van der Waals surface area contributed by atoms with Gasteiger partial charge in [-0.25, -0.2) is 0 Å². The van der Waals surface area contributed by atoms with Gasteiger partial charge in [-0.05, 0) is 18.6 Å². The van der Waals surface area contributed by atoms with E-state index >= 15 is 0 Å². The molecule has 7 heteroatoms. The molecular formula is C14H14N6O. The van der Waals surface area contributed by atoms with E-state index < -0.39 is 0 Å². The maximum Gasteiger partial charge on any atom is 0.224 e. The summed E-state index contributed by atoms with van der Waals surface area (Å²) >= 11 is 0. The lowest BCUT2D eigenvalue weighted by Crippen LogP contribution is -2.20. The van der Waals surface area contributed by atoms with E-state index in [4.69, 9.17) is 10.5 Å². The van der Waals surface area contributed by atoms with Crippen molar-refractivity contribution in [1.82, 2.24) is 20.2 Å². The second kappa shape index (κ2) is 4.62. The molecule has 0 unspecified atom stereocenters. The van der Waals surface area contributed by atoms with E-state index in [0.717, 1.165) is 35.6 Å². The van der Waals surface area contributed by atoms with E-state index in [1.807, 2.05) is 24.3 Å². The minimum Gasteiger partial charge on any atom is -0.491 e. The van der Waals surface area contributed by atoms with Crippen LogP contribution in [0.25, 0.3) is 11.0 Å². The molecule has 0 fully saturated rings. The first-order chi connectivity index (χ1) is 10.3. The zero-order chi connectivity index (χ0) is 14.2. The highest BCUT2D eigenvalue weighted by atomic mass is 16.5. The van der Waals surface area contributed by atoms with Gasteiger partial charge >= 0.3 is 0 Å². The van der Waals surface area contributed by atoms with Crippen LogP contribution in [0.3, 0.4) is 0 Å². The van der Waals surface area contributed by atoms with Gasteiger partial charge in [0.15, 0.2) is 5.65 Å². The quantitative estimate of drug-likeness (QED) is 0.707. The molecule has 0 aliphatic carbocycles. The molecule has 1 aliphatic rings. The Bertz CT molecular complexity index is 799. The molecule has 106 valence electrons. The Morgan fingerprint density at radius 3 is 3.10 bits per heavy atom. The molecule has 0 saturated carbocycles. The highest BCUT2D eigenvalue weighted by Gasteiger charge is 2.21. The van der Waals surface area contributed by atoms with Gasteiger partial charge in [0, 0.05) is 6.54 Å². The summed E-state index contributed by atoms with van der Waals surface area (Å²) in [7, 11) is 0. The summed E-state index contributed by atoms with van der Waals surface area (Å²) in [5.41, 5.74) is 7.44. The number of H-pyrrole nitrogens is 1. The molecule has 0 saturated heterocycles. The molecule has 3 N–H and O–H groups in total. The Morgan fingerprint density at radius 2 is 2.14 bits per heavy atom. The van der Waals surface area contributed by atoms with Gasteiger partial charge in [-0.1, -0.05) is 12.1 Å². The van der Waals surface area contributed by atoms with Crippen LogP contribution < -0.4 is 15.4 Å². The minimum absolute atomic E-state index is 0.226. The van der Waals surface area contributed by atoms with Crippen LogP contribution in [0.5, 0.6) is 5.75 Å². The van der Waals surface area contributed by atoms with E-state index in [1.54, 1.807) is 6.20 Å².